The molecule has 0 heterocycles. The number of hydrogen-bond acceptors (Lipinski definition) is 3. The van der Waals surface area contributed by atoms with Gasteiger partial charge < -0.3 is 16.4 Å². The molecular formula is C12H23N3O2. The average Bonchev–Trinajstić information content (AvgIpc) is 3.15. The molecule has 0 bridgehead atoms. The fourth-order valence-electron chi connectivity index (χ4n) is 1.44. The molecule has 98 valence electrons. The summed E-state index contributed by atoms with van der Waals surface area (Å²) in [5, 5.41) is 5.35. The minimum absolute atomic E-state index is 0.0235. The summed E-state index contributed by atoms with van der Waals surface area (Å²) < 4.78 is 0. The second-order valence-electron chi connectivity index (χ2n) is 4.88. The number of nitrogens with two attached hydrogens (primary N) is 1. The Bertz CT molecular complexity index is 277. The molecule has 5 nitrogen and oxygen atoms in total. The summed E-state index contributed by atoms with van der Waals surface area (Å²) >= 11 is 0. The van der Waals surface area contributed by atoms with Gasteiger partial charge in [-0.3, -0.25) is 9.59 Å². The number of rotatable bonds is 7. The van der Waals surface area contributed by atoms with Gasteiger partial charge in [-0.25, -0.2) is 0 Å². The van der Waals surface area contributed by atoms with Crippen molar-refractivity contribution in [3.05, 3.63) is 0 Å². The molecule has 2 amide bonds. The lowest BCUT2D eigenvalue weighted by molar-refractivity contribution is -0.127. The molecule has 1 aliphatic rings. The van der Waals surface area contributed by atoms with E-state index in [0.29, 0.717) is 5.92 Å². The van der Waals surface area contributed by atoms with Crippen LogP contribution in [0, 0.1) is 11.8 Å². The summed E-state index contributed by atoms with van der Waals surface area (Å²) in [5.74, 6) is 0.393. The molecule has 1 aliphatic carbocycles. The molecule has 1 saturated carbocycles. The molecule has 2 atom stereocenters. The average molecular weight is 241 g/mol. The topological polar surface area (TPSA) is 84.2 Å². The third kappa shape index (κ3) is 5.17. The zero-order chi connectivity index (χ0) is 12.8. The van der Waals surface area contributed by atoms with Gasteiger partial charge in [-0.1, -0.05) is 20.3 Å². The molecule has 2 unspecified atom stereocenters. The summed E-state index contributed by atoms with van der Waals surface area (Å²) in [6.45, 7) is 4.67. The summed E-state index contributed by atoms with van der Waals surface area (Å²) in [7, 11) is 0. The van der Waals surface area contributed by atoms with Crippen molar-refractivity contribution in [1.29, 1.82) is 0 Å². The largest absolute Gasteiger partial charge is 0.354 e. The molecule has 1 fully saturated rings. The van der Waals surface area contributed by atoms with Crippen LogP contribution in [-0.2, 0) is 9.59 Å². The standard InChI is InChI=1S/C12H23N3O2/c1-3-8(2)11(13)12(17)15-7-10(16)14-6-9-4-5-9/h8-9,11H,3-7,13H2,1-2H3,(H,14,16)(H,15,17). The second-order valence-corrected chi connectivity index (χ2v) is 4.88. The van der Waals surface area contributed by atoms with Crippen LogP contribution in [0.25, 0.3) is 0 Å². The molecule has 0 aliphatic heterocycles. The summed E-state index contributed by atoms with van der Waals surface area (Å²) in [5.41, 5.74) is 5.75. The van der Waals surface area contributed by atoms with Crippen molar-refractivity contribution in [1.82, 2.24) is 10.6 Å². The zero-order valence-electron chi connectivity index (χ0n) is 10.7. The van der Waals surface area contributed by atoms with Crippen molar-refractivity contribution in [2.45, 2.75) is 39.2 Å². The molecule has 5 heteroatoms. The predicted octanol–water partition coefficient (Wildman–Crippen LogP) is 0.00220. The van der Waals surface area contributed by atoms with E-state index in [1.807, 2.05) is 13.8 Å². The Morgan fingerprint density at radius 1 is 1.35 bits per heavy atom. The van der Waals surface area contributed by atoms with Crippen molar-refractivity contribution >= 4 is 11.8 Å². The molecule has 0 aromatic rings. The highest BCUT2D eigenvalue weighted by atomic mass is 16.2. The van der Waals surface area contributed by atoms with Crippen molar-refractivity contribution in [3.8, 4) is 0 Å². The van der Waals surface area contributed by atoms with E-state index in [2.05, 4.69) is 10.6 Å². The Balaban J connectivity index is 2.14. The SMILES string of the molecule is CCC(C)C(N)C(=O)NCC(=O)NCC1CC1. The van der Waals surface area contributed by atoms with E-state index >= 15 is 0 Å². The van der Waals surface area contributed by atoms with E-state index in [1.165, 1.54) is 12.8 Å². The van der Waals surface area contributed by atoms with Gasteiger partial charge in [0.25, 0.3) is 0 Å². The van der Waals surface area contributed by atoms with E-state index in [9.17, 15) is 9.59 Å². The molecule has 17 heavy (non-hydrogen) atoms. The number of carbonyl (C=O) groups excluding carboxylic acids is 2. The van der Waals surface area contributed by atoms with Crippen LogP contribution in [-0.4, -0.2) is 30.9 Å². The minimum Gasteiger partial charge on any atom is -0.354 e. The zero-order valence-corrected chi connectivity index (χ0v) is 10.7. The minimum atomic E-state index is -0.531. The Morgan fingerprint density at radius 3 is 2.53 bits per heavy atom. The van der Waals surface area contributed by atoms with Crippen LogP contribution in [0.4, 0.5) is 0 Å². The lowest BCUT2D eigenvalue weighted by Crippen LogP contribution is -2.47. The highest BCUT2D eigenvalue weighted by molar-refractivity contribution is 5.87. The van der Waals surface area contributed by atoms with Gasteiger partial charge >= 0.3 is 0 Å². The van der Waals surface area contributed by atoms with E-state index < -0.39 is 6.04 Å². The van der Waals surface area contributed by atoms with Gasteiger partial charge in [0, 0.05) is 6.54 Å². The fraction of sp³-hybridized carbons (Fsp3) is 0.833. The molecule has 0 aromatic heterocycles. The number of carbonyl (C=O) groups is 2. The first-order valence-corrected chi connectivity index (χ1v) is 6.34. The maximum absolute atomic E-state index is 11.6. The van der Waals surface area contributed by atoms with Gasteiger partial charge in [-0.15, -0.1) is 0 Å². The first kappa shape index (κ1) is 14.0. The van der Waals surface area contributed by atoms with Gasteiger partial charge in [0.15, 0.2) is 0 Å². The predicted molar refractivity (Wildman–Crippen MR) is 66.2 cm³/mol. The highest BCUT2D eigenvalue weighted by Gasteiger charge is 2.22. The van der Waals surface area contributed by atoms with Gasteiger partial charge in [0.1, 0.15) is 0 Å². The van der Waals surface area contributed by atoms with Gasteiger partial charge in [0.2, 0.25) is 11.8 Å². The van der Waals surface area contributed by atoms with E-state index in [-0.39, 0.29) is 24.3 Å². The monoisotopic (exact) mass is 241 g/mol. The van der Waals surface area contributed by atoms with Crippen LogP contribution in [0.15, 0.2) is 0 Å². The smallest absolute Gasteiger partial charge is 0.239 e. The van der Waals surface area contributed by atoms with E-state index in [0.717, 1.165) is 13.0 Å². The lowest BCUT2D eigenvalue weighted by atomic mass is 9.99. The van der Waals surface area contributed by atoms with Crippen LogP contribution in [0.1, 0.15) is 33.1 Å². The van der Waals surface area contributed by atoms with Crippen molar-refractivity contribution in [2.75, 3.05) is 13.1 Å². The first-order chi connectivity index (χ1) is 8.04. The summed E-state index contributed by atoms with van der Waals surface area (Å²) in [6, 6.07) is -0.531. The Labute approximate surface area is 103 Å². The maximum Gasteiger partial charge on any atom is 0.239 e. The van der Waals surface area contributed by atoms with Gasteiger partial charge in [-0.2, -0.15) is 0 Å². The summed E-state index contributed by atoms with van der Waals surface area (Å²) in [6.07, 6.45) is 3.25. The molecule has 0 spiro atoms. The second kappa shape index (κ2) is 6.59. The molecule has 0 saturated heterocycles. The number of amides is 2. The maximum atomic E-state index is 11.6. The highest BCUT2D eigenvalue weighted by Crippen LogP contribution is 2.27. The molecule has 0 aromatic carbocycles. The third-order valence-electron chi connectivity index (χ3n) is 3.27. The van der Waals surface area contributed by atoms with E-state index in [1.54, 1.807) is 0 Å². The quantitative estimate of drug-likeness (QED) is 0.586. The Kier molecular flexibility index (Phi) is 5.41. The van der Waals surface area contributed by atoms with Gasteiger partial charge in [0.05, 0.1) is 12.6 Å². The van der Waals surface area contributed by atoms with Crippen LogP contribution in [0.5, 0.6) is 0 Å². The van der Waals surface area contributed by atoms with Crippen LogP contribution >= 0.6 is 0 Å². The summed E-state index contributed by atoms with van der Waals surface area (Å²) in [4.78, 5) is 23.0. The molecule has 0 radical (unpaired) electrons. The Morgan fingerprint density at radius 2 is 2.00 bits per heavy atom. The van der Waals surface area contributed by atoms with Crippen molar-refractivity contribution < 1.29 is 9.59 Å². The van der Waals surface area contributed by atoms with Crippen molar-refractivity contribution in [3.63, 3.8) is 0 Å². The van der Waals surface area contributed by atoms with Crippen LogP contribution in [0.3, 0.4) is 0 Å². The first-order valence-electron chi connectivity index (χ1n) is 6.34. The Hall–Kier alpha value is -1.10. The van der Waals surface area contributed by atoms with Crippen molar-refractivity contribution in [2.24, 2.45) is 17.6 Å². The normalized spacial score (nSPS) is 18.3. The van der Waals surface area contributed by atoms with Gasteiger partial charge in [-0.05, 0) is 24.7 Å². The number of hydrogen-bond donors (Lipinski definition) is 3. The molecule has 1 rings (SSSR count). The lowest BCUT2D eigenvalue weighted by Gasteiger charge is -2.17. The third-order valence-corrected chi connectivity index (χ3v) is 3.27. The van der Waals surface area contributed by atoms with E-state index in [4.69, 9.17) is 5.73 Å². The molecule has 4 N–H and O–H groups in total. The number of nitrogens with one attached hydrogen (secondary N) is 2. The van der Waals surface area contributed by atoms with Crippen LogP contribution in [0.2, 0.25) is 0 Å². The fourth-order valence-corrected chi connectivity index (χ4v) is 1.44. The van der Waals surface area contributed by atoms with Crippen LogP contribution < -0.4 is 16.4 Å². The molecular weight excluding hydrogens is 218 g/mol.